The number of hydrogen-bond acceptors (Lipinski definition) is 4. The second kappa shape index (κ2) is 5.85. The molecule has 0 bridgehead atoms. The topological polar surface area (TPSA) is 49.3 Å². The zero-order valence-corrected chi connectivity index (χ0v) is 12.7. The van der Waals surface area contributed by atoms with Crippen LogP contribution in [0, 0.1) is 6.92 Å². The number of anilines is 1. The molecule has 3 rings (SSSR count). The molecule has 1 amide bonds. The van der Waals surface area contributed by atoms with Crippen LogP contribution in [0.2, 0.25) is 0 Å². The minimum atomic E-state index is -0.00219. The van der Waals surface area contributed by atoms with Crippen molar-refractivity contribution in [2.75, 3.05) is 37.0 Å². The monoisotopic (exact) mass is 304 g/mol. The maximum Gasteiger partial charge on any atom is 0.237 e. The molecule has 1 aliphatic heterocycles. The molecular formula is C15H17ClN4O. The molecule has 0 N–H and O–H groups in total. The van der Waals surface area contributed by atoms with Crippen molar-refractivity contribution in [2.45, 2.75) is 6.92 Å². The predicted octanol–water partition coefficient (Wildman–Crippen LogP) is 1.83. The first kappa shape index (κ1) is 14.1. The number of hydrogen-bond donors (Lipinski definition) is 0. The van der Waals surface area contributed by atoms with Crippen molar-refractivity contribution >= 4 is 34.4 Å². The van der Waals surface area contributed by atoms with Gasteiger partial charge in [0, 0.05) is 26.2 Å². The number of carbonyl (C=O) groups is 1. The van der Waals surface area contributed by atoms with Gasteiger partial charge < -0.3 is 9.80 Å². The molecule has 21 heavy (non-hydrogen) atoms. The molecule has 0 aliphatic carbocycles. The molecule has 1 aromatic heterocycles. The van der Waals surface area contributed by atoms with E-state index in [2.05, 4.69) is 9.88 Å². The molecule has 6 heteroatoms. The molecule has 1 fully saturated rings. The van der Waals surface area contributed by atoms with E-state index >= 15 is 0 Å². The molecule has 5 nitrogen and oxygen atoms in total. The van der Waals surface area contributed by atoms with E-state index in [0.29, 0.717) is 13.1 Å². The van der Waals surface area contributed by atoms with E-state index in [1.807, 2.05) is 31.2 Å². The fourth-order valence-corrected chi connectivity index (χ4v) is 2.80. The highest BCUT2D eigenvalue weighted by Crippen LogP contribution is 2.21. The highest BCUT2D eigenvalue weighted by molar-refractivity contribution is 6.27. The van der Waals surface area contributed by atoms with Crippen LogP contribution in [0.4, 0.5) is 5.82 Å². The SMILES string of the molecule is Cc1nc2ccccc2nc1N1CCN(C(=O)CCl)CC1. The van der Waals surface area contributed by atoms with Gasteiger partial charge >= 0.3 is 0 Å². The molecule has 2 heterocycles. The van der Waals surface area contributed by atoms with Crippen LogP contribution in [-0.2, 0) is 4.79 Å². The smallest absolute Gasteiger partial charge is 0.237 e. The van der Waals surface area contributed by atoms with Gasteiger partial charge in [-0.15, -0.1) is 11.6 Å². The first-order valence-corrected chi connectivity index (χ1v) is 7.54. The van der Waals surface area contributed by atoms with Gasteiger partial charge in [-0.25, -0.2) is 9.97 Å². The summed E-state index contributed by atoms with van der Waals surface area (Å²) >= 11 is 5.60. The van der Waals surface area contributed by atoms with Crippen molar-refractivity contribution in [1.29, 1.82) is 0 Å². The molecule has 1 aromatic carbocycles. The molecule has 0 saturated carbocycles. The third kappa shape index (κ3) is 2.78. The van der Waals surface area contributed by atoms with Crippen molar-refractivity contribution in [1.82, 2.24) is 14.9 Å². The Balaban J connectivity index is 1.82. The number of benzene rings is 1. The van der Waals surface area contributed by atoms with E-state index in [1.165, 1.54) is 0 Å². The van der Waals surface area contributed by atoms with Crippen LogP contribution < -0.4 is 4.90 Å². The van der Waals surface area contributed by atoms with Gasteiger partial charge in [0.1, 0.15) is 5.88 Å². The van der Waals surface area contributed by atoms with Crippen molar-refractivity contribution in [3.05, 3.63) is 30.0 Å². The van der Waals surface area contributed by atoms with Gasteiger partial charge in [-0.1, -0.05) is 12.1 Å². The second-order valence-corrected chi connectivity index (χ2v) is 5.39. The molecule has 1 saturated heterocycles. The number of fused-ring (bicyclic) bond motifs is 1. The van der Waals surface area contributed by atoms with E-state index in [9.17, 15) is 4.79 Å². The summed E-state index contributed by atoms with van der Waals surface area (Å²) in [5, 5.41) is 0. The Bertz CT molecular complexity index is 668. The molecule has 0 atom stereocenters. The maximum atomic E-state index is 11.6. The third-order valence-electron chi connectivity index (χ3n) is 3.77. The lowest BCUT2D eigenvalue weighted by molar-refractivity contribution is -0.128. The predicted molar refractivity (Wildman–Crippen MR) is 83.8 cm³/mol. The van der Waals surface area contributed by atoms with Gasteiger partial charge in [0.25, 0.3) is 0 Å². The minimum absolute atomic E-state index is 0.00219. The summed E-state index contributed by atoms with van der Waals surface area (Å²) in [6.45, 7) is 4.86. The number of nitrogens with zero attached hydrogens (tertiary/aromatic N) is 4. The third-order valence-corrected chi connectivity index (χ3v) is 3.99. The molecule has 1 aliphatic rings. The number of halogens is 1. The normalized spacial score (nSPS) is 15.5. The Morgan fingerprint density at radius 1 is 1.14 bits per heavy atom. The highest BCUT2D eigenvalue weighted by Gasteiger charge is 2.22. The van der Waals surface area contributed by atoms with Crippen molar-refractivity contribution in [2.24, 2.45) is 0 Å². The summed E-state index contributed by atoms with van der Waals surface area (Å²) in [5.41, 5.74) is 2.73. The molecule has 0 radical (unpaired) electrons. The number of aromatic nitrogens is 2. The number of aryl methyl sites for hydroxylation is 1. The first-order valence-electron chi connectivity index (χ1n) is 7.01. The summed E-state index contributed by atoms with van der Waals surface area (Å²) in [7, 11) is 0. The van der Waals surface area contributed by atoms with E-state index < -0.39 is 0 Å². The highest BCUT2D eigenvalue weighted by atomic mass is 35.5. The number of para-hydroxylation sites is 2. The number of amides is 1. The van der Waals surface area contributed by atoms with Crippen LogP contribution in [0.25, 0.3) is 11.0 Å². The Morgan fingerprint density at radius 2 is 1.76 bits per heavy atom. The Labute approximate surface area is 128 Å². The summed E-state index contributed by atoms with van der Waals surface area (Å²) in [5.74, 6) is 0.957. The average molecular weight is 305 g/mol. The second-order valence-electron chi connectivity index (χ2n) is 5.12. The van der Waals surface area contributed by atoms with Crippen LogP contribution in [0.15, 0.2) is 24.3 Å². The number of piperazine rings is 1. The summed E-state index contributed by atoms with van der Waals surface area (Å²) in [6.07, 6.45) is 0. The van der Waals surface area contributed by atoms with Gasteiger partial charge in [-0.3, -0.25) is 4.79 Å². The van der Waals surface area contributed by atoms with Crippen LogP contribution in [0.5, 0.6) is 0 Å². The van der Waals surface area contributed by atoms with E-state index in [0.717, 1.165) is 35.6 Å². The van der Waals surface area contributed by atoms with Crippen LogP contribution in [-0.4, -0.2) is 52.8 Å². The van der Waals surface area contributed by atoms with Crippen LogP contribution in [0.1, 0.15) is 5.69 Å². The Kier molecular flexibility index (Phi) is 3.92. The van der Waals surface area contributed by atoms with E-state index in [4.69, 9.17) is 16.6 Å². The number of alkyl halides is 1. The zero-order chi connectivity index (χ0) is 14.8. The van der Waals surface area contributed by atoms with E-state index in [-0.39, 0.29) is 11.8 Å². The lowest BCUT2D eigenvalue weighted by Crippen LogP contribution is -2.49. The largest absolute Gasteiger partial charge is 0.352 e. The van der Waals surface area contributed by atoms with Gasteiger partial charge in [0.15, 0.2) is 5.82 Å². The van der Waals surface area contributed by atoms with Crippen molar-refractivity contribution in [3.8, 4) is 0 Å². The standard InChI is InChI=1S/C15H17ClN4O/c1-11-15(18-13-5-3-2-4-12(13)17-11)20-8-6-19(7-9-20)14(21)10-16/h2-5H,6-10H2,1H3. The average Bonchev–Trinajstić information content (AvgIpc) is 2.53. The Hall–Kier alpha value is -1.88. The lowest BCUT2D eigenvalue weighted by atomic mass is 10.2. The zero-order valence-electron chi connectivity index (χ0n) is 11.9. The van der Waals surface area contributed by atoms with Crippen LogP contribution in [0.3, 0.4) is 0 Å². The first-order chi connectivity index (χ1) is 10.2. The summed E-state index contributed by atoms with van der Waals surface area (Å²) in [4.78, 5) is 24.9. The van der Waals surface area contributed by atoms with Gasteiger partial charge in [0.05, 0.1) is 16.7 Å². The van der Waals surface area contributed by atoms with E-state index in [1.54, 1.807) is 4.90 Å². The number of carbonyl (C=O) groups excluding carboxylic acids is 1. The Morgan fingerprint density at radius 3 is 2.38 bits per heavy atom. The van der Waals surface area contributed by atoms with Gasteiger partial charge in [-0.05, 0) is 19.1 Å². The quantitative estimate of drug-likeness (QED) is 0.794. The van der Waals surface area contributed by atoms with Crippen LogP contribution >= 0.6 is 11.6 Å². The fourth-order valence-electron chi connectivity index (χ4n) is 2.63. The van der Waals surface area contributed by atoms with Crippen molar-refractivity contribution in [3.63, 3.8) is 0 Å². The fraction of sp³-hybridized carbons (Fsp3) is 0.400. The maximum absolute atomic E-state index is 11.6. The van der Waals surface area contributed by atoms with Gasteiger partial charge in [0.2, 0.25) is 5.91 Å². The molecule has 110 valence electrons. The minimum Gasteiger partial charge on any atom is -0.352 e. The summed E-state index contributed by atoms with van der Waals surface area (Å²) < 4.78 is 0. The molecular weight excluding hydrogens is 288 g/mol. The molecule has 0 spiro atoms. The lowest BCUT2D eigenvalue weighted by Gasteiger charge is -2.35. The van der Waals surface area contributed by atoms with Crippen molar-refractivity contribution < 1.29 is 4.79 Å². The number of rotatable bonds is 2. The van der Waals surface area contributed by atoms with Gasteiger partial charge in [-0.2, -0.15) is 0 Å². The summed E-state index contributed by atoms with van der Waals surface area (Å²) in [6, 6.07) is 7.87. The molecule has 2 aromatic rings. The molecule has 0 unspecified atom stereocenters.